The fraction of sp³-hybridized carbons (Fsp3) is 0.368. The zero-order valence-corrected chi connectivity index (χ0v) is 16.6. The summed E-state index contributed by atoms with van der Waals surface area (Å²) in [6.45, 7) is 5.57. The second kappa shape index (κ2) is 6.73. The summed E-state index contributed by atoms with van der Waals surface area (Å²) in [5, 5.41) is 0. The summed E-state index contributed by atoms with van der Waals surface area (Å²) in [6.07, 6.45) is 2.19. The third-order valence-corrected chi connectivity index (χ3v) is 6.88. The number of anilines is 2. The van der Waals surface area contributed by atoms with Crippen molar-refractivity contribution in [3.05, 3.63) is 35.9 Å². The predicted molar refractivity (Wildman–Crippen MR) is 106 cm³/mol. The van der Waals surface area contributed by atoms with Gasteiger partial charge in [-0.3, -0.25) is 0 Å². The highest BCUT2D eigenvalue weighted by atomic mass is 32.2. The Balaban J connectivity index is 1.93. The van der Waals surface area contributed by atoms with Gasteiger partial charge in [-0.2, -0.15) is 0 Å². The summed E-state index contributed by atoms with van der Waals surface area (Å²) in [5.41, 5.74) is 6.81. The highest BCUT2D eigenvalue weighted by molar-refractivity contribution is 7.92. The van der Waals surface area contributed by atoms with Gasteiger partial charge in [0.15, 0.2) is 5.82 Å². The third-order valence-electron chi connectivity index (χ3n) is 5.05. The first-order chi connectivity index (χ1) is 13.3. The van der Waals surface area contributed by atoms with E-state index in [0.29, 0.717) is 23.1 Å². The molecule has 1 aromatic carbocycles. The Kier molecular flexibility index (Phi) is 4.49. The summed E-state index contributed by atoms with van der Waals surface area (Å²) in [4.78, 5) is 13.7. The van der Waals surface area contributed by atoms with Crippen molar-refractivity contribution in [1.82, 2.24) is 15.0 Å². The normalized spacial score (nSPS) is 18.0. The van der Waals surface area contributed by atoms with Crippen LogP contribution in [0.5, 0.6) is 0 Å². The van der Waals surface area contributed by atoms with E-state index in [1.807, 2.05) is 0 Å². The molecule has 4 rings (SSSR count). The molecule has 0 saturated carbocycles. The number of hydrogen-bond donors (Lipinski definition) is 2. The Morgan fingerprint density at radius 3 is 2.82 bits per heavy atom. The molecule has 3 aromatic rings. The number of nitrogens with two attached hydrogens (primary N) is 1. The van der Waals surface area contributed by atoms with Gasteiger partial charge in [0, 0.05) is 13.1 Å². The molecule has 0 spiro atoms. The first kappa shape index (κ1) is 18.7. The van der Waals surface area contributed by atoms with Crippen LogP contribution in [0.4, 0.5) is 16.0 Å². The number of hydrogen-bond acceptors (Lipinski definition) is 6. The second-order valence-corrected chi connectivity index (χ2v) is 9.23. The quantitative estimate of drug-likeness (QED) is 0.696. The largest absolute Gasteiger partial charge is 0.384 e. The minimum absolute atomic E-state index is 0.0227. The Morgan fingerprint density at radius 1 is 1.32 bits per heavy atom. The zero-order valence-electron chi connectivity index (χ0n) is 15.7. The van der Waals surface area contributed by atoms with Gasteiger partial charge in [0.2, 0.25) is 9.84 Å². The van der Waals surface area contributed by atoms with Crippen LogP contribution < -0.4 is 10.6 Å². The van der Waals surface area contributed by atoms with Crippen LogP contribution in [-0.2, 0) is 9.84 Å². The molecule has 0 aliphatic carbocycles. The maximum Gasteiger partial charge on any atom is 0.212 e. The average Bonchev–Trinajstić information content (AvgIpc) is 2.97. The molecule has 1 unspecified atom stereocenters. The Bertz CT molecular complexity index is 1160. The van der Waals surface area contributed by atoms with E-state index in [-0.39, 0.29) is 21.1 Å². The number of H-pyrrole nitrogens is 1. The summed E-state index contributed by atoms with van der Waals surface area (Å²) < 4.78 is 40.0. The number of nitrogens with zero attached hydrogens (tertiary/aromatic N) is 3. The van der Waals surface area contributed by atoms with Crippen molar-refractivity contribution < 1.29 is 12.8 Å². The summed E-state index contributed by atoms with van der Waals surface area (Å²) >= 11 is 0. The third kappa shape index (κ3) is 3.09. The van der Waals surface area contributed by atoms with Gasteiger partial charge in [-0.25, -0.2) is 22.8 Å². The van der Waals surface area contributed by atoms with Crippen molar-refractivity contribution in [2.45, 2.75) is 36.5 Å². The van der Waals surface area contributed by atoms with E-state index in [1.165, 1.54) is 18.2 Å². The van der Waals surface area contributed by atoms with Crippen LogP contribution >= 0.6 is 0 Å². The number of nitrogen functional groups attached to an aromatic ring is 1. The minimum Gasteiger partial charge on any atom is -0.384 e. The topological polar surface area (TPSA) is 105 Å². The van der Waals surface area contributed by atoms with E-state index in [1.54, 1.807) is 6.92 Å². The standard InChI is InChI=1S/C19H22FN5O2S/c1-11-5-4-8-25(10-11)19-16-15(22-12(2)23-19)17(18(21)24-16)28(26,27)14-7-3-6-13(20)9-14/h3,6-7,9,11,24H,4-5,8,10,21H2,1-2H3. The number of fused-ring (bicyclic) bond motifs is 1. The second-order valence-electron chi connectivity index (χ2n) is 7.34. The number of aromatic amines is 1. The van der Waals surface area contributed by atoms with Gasteiger partial charge in [0.1, 0.15) is 33.4 Å². The summed E-state index contributed by atoms with van der Waals surface area (Å²) in [7, 11) is -4.06. The van der Waals surface area contributed by atoms with Crippen LogP contribution in [0.1, 0.15) is 25.6 Å². The highest BCUT2D eigenvalue weighted by Crippen LogP contribution is 2.36. The molecular formula is C19H22FN5O2S. The van der Waals surface area contributed by atoms with Gasteiger partial charge in [-0.05, 0) is 43.9 Å². The van der Waals surface area contributed by atoms with E-state index in [0.717, 1.165) is 32.0 Å². The van der Waals surface area contributed by atoms with Crippen molar-refractivity contribution in [3.8, 4) is 0 Å². The van der Waals surface area contributed by atoms with E-state index in [4.69, 9.17) is 5.73 Å². The lowest BCUT2D eigenvalue weighted by atomic mass is 10.0. The minimum atomic E-state index is -4.06. The van der Waals surface area contributed by atoms with E-state index >= 15 is 0 Å². The molecule has 1 aliphatic heterocycles. The molecule has 1 saturated heterocycles. The van der Waals surface area contributed by atoms with Crippen molar-refractivity contribution in [1.29, 1.82) is 0 Å². The van der Waals surface area contributed by atoms with Gasteiger partial charge < -0.3 is 15.6 Å². The number of aryl methyl sites for hydroxylation is 1. The highest BCUT2D eigenvalue weighted by Gasteiger charge is 2.30. The predicted octanol–water partition coefficient (Wildman–Crippen LogP) is 3.06. The molecule has 1 fully saturated rings. The van der Waals surface area contributed by atoms with Gasteiger partial charge >= 0.3 is 0 Å². The fourth-order valence-electron chi connectivity index (χ4n) is 3.79. The molecule has 2 aromatic heterocycles. The van der Waals surface area contributed by atoms with Gasteiger partial charge in [0.05, 0.1) is 4.90 Å². The molecule has 0 bridgehead atoms. The van der Waals surface area contributed by atoms with Crippen LogP contribution in [0.25, 0.3) is 11.0 Å². The Hall–Kier alpha value is -2.68. The van der Waals surface area contributed by atoms with Gasteiger partial charge in [0.25, 0.3) is 0 Å². The molecule has 28 heavy (non-hydrogen) atoms. The number of rotatable bonds is 3. The number of halogens is 1. The molecule has 3 heterocycles. The first-order valence-electron chi connectivity index (χ1n) is 9.18. The maximum atomic E-state index is 13.6. The van der Waals surface area contributed by atoms with Crippen molar-refractivity contribution in [2.24, 2.45) is 5.92 Å². The number of aromatic nitrogens is 3. The zero-order chi connectivity index (χ0) is 20.1. The molecule has 7 nitrogen and oxygen atoms in total. The summed E-state index contributed by atoms with van der Waals surface area (Å²) in [6, 6.07) is 4.88. The monoisotopic (exact) mass is 403 g/mol. The van der Waals surface area contributed by atoms with Crippen LogP contribution in [-0.4, -0.2) is 36.5 Å². The average molecular weight is 403 g/mol. The lowest BCUT2D eigenvalue weighted by Gasteiger charge is -2.32. The molecule has 148 valence electrons. The van der Waals surface area contributed by atoms with Gasteiger partial charge in [-0.15, -0.1) is 0 Å². The van der Waals surface area contributed by atoms with Crippen LogP contribution in [0.3, 0.4) is 0 Å². The van der Waals surface area contributed by atoms with E-state index < -0.39 is 15.7 Å². The number of nitrogens with one attached hydrogen (secondary N) is 1. The Morgan fingerprint density at radius 2 is 2.11 bits per heavy atom. The molecule has 3 N–H and O–H groups in total. The SMILES string of the molecule is Cc1nc(N2CCCC(C)C2)c2[nH]c(N)c(S(=O)(=O)c3cccc(F)c3)c2n1. The van der Waals surface area contributed by atoms with E-state index in [2.05, 4.69) is 26.8 Å². The number of sulfone groups is 1. The smallest absolute Gasteiger partial charge is 0.212 e. The first-order valence-corrected chi connectivity index (χ1v) is 10.7. The van der Waals surface area contributed by atoms with E-state index in [9.17, 15) is 12.8 Å². The lowest BCUT2D eigenvalue weighted by Crippen LogP contribution is -2.35. The molecular weight excluding hydrogens is 381 g/mol. The number of benzene rings is 1. The molecule has 0 amide bonds. The van der Waals surface area contributed by atoms with Crippen molar-refractivity contribution in [3.63, 3.8) is 0 Å². The maximum absolute atomic E-state index is 13.6. The van der Waals surface area contributed by atoms with Gasteiger partial charge in [-0.1, -0.05) is 13.0 Å². The number of piperidine rings is 1. The molecule has 0 radical (unpaired) electrons. The fourth-order valence-corrected chi connectivity index (χ4v) is 5.29. The summed E-state index contributed by atoms with van der Waals surface area (Å²) in [5.74, 6) is 0.970. The van der Waals surface area contributed by atoms with Crippen LogP contribution in [0.15, 0.2) is 34.1 Å². The lowest BCUT2D eigenvalue weighted by molar-refractivity contribution is 0.445. The molecule has 9 heteroatoms. The van der Waals surface area contributed by atoms with Crippen LogP contribution in [0.2, 0.25) is 0 Å². The van der Waals surface area contributed by atoms with Crippen molar-refractivity contribution in [2.75, 3.05) is 23.7 Å². The van der Waals surface area contributed by atoms with Crippen LogP contribution in [0, 0.1) is 18.7 Å². The molecule has 1 atom stereocenters. The Labute approximate surface area is 162 Å². The molecule has 1 aliphatic rings. The van der Waals surface area contributed by atoms with Crippen molar-refractivity contribution >= 4 is 32.5 Å².